The van der Waals surface area contributed by atoms with Crippen molar-refractivity contribution in [2.75, 3.05) is 12.8 Å². The van der Waals surface area contributed by atoms with Gasteiger partial charge >= 0.3 is 0 Å². The topological polar surface area (TPSA) is 20.3 Å². The van der Waals surface area contributed by atoms with Gasteiger partial charge in [-0.05, 0) is 26.0 Å². The number of likely N-dealkylation sites (tertiary alicyclic amines) is 1. The molecule has 92 valence electrons. The molecule has 16 heavy (non-hydrogen) atoms. The summed E-state index contributed by atoms with van der Waals surface area (Å²) in [5.41, 5.74) is 0. The SMILES string of the molecule is CSC1CCCCC1N1CCC(=O)CC1C. The van der Waals surface area contributed by atoms with Gasteiger partial charge in [-0.25, -0.2) is 0 Å². The number of ketones is 1. The fourth-order valence-corrected chi connectivity index (χ4v) is 4.26. The number of piperidine rings is 1. The number of thioether (sulfide) groups is 1. The van der Waals surface area contributed by atoms with E-state index in [-0.39, 0.29) is 0 Å². The van der Waals surface area contributed by atoms with Crippen molar-refractivity contribution in [3.8, 4) is 0 Å². The minimum Gasteiger partial charge on any atom is -0.300 e. The number of carbonyl (C=O) groups excluding carboxylic acids is 1. The lowest BCUT2D eigenvalue weighted by molar-refractivity contribution is -0.123. The molecule has 3 heteroatoms. The molecule has 2 rings (SSSR count). The fourth-order valence-electron chi connectivity index (χ4n) is 3.25. The largest absolute Gasteiger partial charge is 0.300 e. The molecular weight excluding hydrogens is 218 g/mol. The Labute approximate surface area is 103 Å². The van der Waals surface area contributed by atoms with Crippen LogP contribution < -0.4 is 0 Å². The van der Waals surface area contributed by atoms with E-state index in [0.29, 0.717) is 11.8 Å². The quantitative estimate of drug-likeness (QED) is 0.741. The highest BCUT2D eigenvalue weighted by molar-refractivity contribution is 7.99. The van der Waals surface area contributed by atoms with Crippen LogP contribution in [0.3, 0.4) is 0 Å². The predicted octanol–water partition coefficient (Wildman–Crippen LogP) is 2.71. The average Bonchev–Trinajstić information content (AvgIpc) is 2.29. The molecule has 2 nitrogen and oxygen atoms in total. The van der Waals surface area contributed by atoms with Gasteiger partial charge in [0.15, 0.2) is 0 Å². The van der Waals surface area contributed by atoms with Crippen LogP contribution in [0.2, 0.25) is 0 Å². The van der Waals surface area contributed by atoms with E-state index < -0.39 is 0 Å². The molecule has 1 aliphatic carbocycles. The lowest BCUT2D eigenvalue weighted by Crippen LogP contribution is -2.52. The van der Waals surface area contributed by atoms with Crippen molar-refractivity contribution in [1.29, 1.82) is 0 Å². The molecule has 0 aromatic heterocycles. The normalized spacial score (nSPS) is 37.6. The van der Waals surface area contributed by atoms with Gasteiger partial charge in [0.1, 0.15) is 5.78 Å². The van der Waals surface area contributed by atoms with E-state index in [1.807, 2.05) is 11.8 Å². The molecule has 0 aromatic rings. The third-order valence-electron chi connectivity index (χ3n) is 4.13. The maximum Gasteiger partial charge on any atom is 0.135 e. The first-order chi connectivity index (χ1) is 7.72. The van der Waals surface area contributed by atoms with Crippen molar-refractivity contribution in [2.45, 2.75) is 62.8 Å². The molecule has 0 bridgehead atoms. The molecule has 1 saturated carbocycles. The summed E-state index contributed by atoms with van der Waals surface area (Å²) in [7, 11) is 0. The molecule has 0 spiro atoms. The minimum absolute atomic E-state index is 0.459. The molecule has 0 radical (unpaired) electrons. The van der Waals surface area contributed by atoms with Gasteiger partial charge in [0, 0.05) is 36.7 Å². The molecule has 3 atom stereocenters. The van der Waals surface area contributed by atoms with E-state index in [9.17, 15) is 4.79 Å². The van der Waals surface area contributed by atoms with Crippen LogP contribution in [0.4, 0.5) is 0 Å². The minimum atomic E-state index is 0.459. The van der Waals surface area contributed by atoms with E-state index in [1.165, 1.54) is 25.7 Å². The summed E-state index contributed by atoms with van der Waals surface area (Å²) in [6, 6.07) is 1.20. The Kier molecular flexibility index (Phi) is 4.31. The number of Topliss-reactive ketones (excluding diaryl/α,β-unsaturated/α-hetero) is 1. The first-order valence-corrected chi connectivity index (χ1v) is 7.81. The average molecular weight is 241 g/mol. The third-order valence-corrected chi connectivity index (χ3v) is 5.29. The molecule has 0 N–H and O–H groups in total. The van der Waals surface area contributed by atoms with E-state index in [2.05, 4.69) is 18.1 Å². The van der Waals surface area contributed by atoms with Crippen LogP contribution in [0.5, 0.6) is 0 Å². The molecule has 3 unspecified atom stereocenters. The smallest absolute Gasteiger partial charge is 0.135 e. The van der Waals surface area contributed by atoms with Crippen molar-refractivity contribution in [1.82, 2.24) is 4.90 Å². The molecule has 0 amide bonds. The van der Waals surface area contributed by atoms with Gasteiger partial charge in [0.2, 0.25) is 0 Å². The lowest BCUT2D eigenvalue weighted by Gasteiger charge is -2.44. The molecule has 2 fully saturated rings. The lowest BCUT2D eigenvalue weighted by atomic mass is 9.90. The first kappa shape index (κ1) is 12.4. The zero-order chi connectivity index (χ0) is 11.5. The van der Waals surface area contributed by atoms with Crippen LogP contribution >= 0.6 is 11.8 Å². The van der Waals surface area contributed by atoms with E-state index in [1.54, 1.807) is 0 Å². The van der Waals surface area contributed by atoms with Crippen LogP contribution in [-0.4, -0.2) is 40.8 Å². The number of hydrogen-bond donors (Lipinski definition) is 0. The van der Waals surface area contributed by atoms with Gasteiger partial charge < -0.3 is 0 Å². The van der Waals surface area contributed by atoms with Gasteiger partial charge in [-0.3, -0.25) is 9.69 Å². The Morgan fingerprint density at radius 2 is 2.06 bits per heavy atom. The van der Waals surface area contributed by atoms with Crippen LogP contribution in [0, 0.1) is 0 Å². The highest BCUT2D eigenvalue weighted by atomic mass is 32.2. The van der Waals surface area contributed by atoms with E-state index in [0.717, 1.165) is 30.7 Å². The van der Waals surface area contributed by atoms with Crippen molar-refractivity contribution >= 4 is 17.5 Å². The second kappa shape index (κ2) is 5.54. The van der Waals surface area contributed by atoms with Crippen molar-refractivity contribution in [3.63, 3.8) is 0 Å². The van der Waals surface area contributed by atoms with Crippen LogP contribution in [0.25, 0.3) is 0 Å². The Morgan fingerprint density at radius 1 is 1.31 bits per heavy atom. The fraction of sp³-hybridized carbons (Fsp3) is 0.923. The Morgan fingerprint density at radius 3 is 2.75 bits per heavy atom. The maximum absolute atomic E-state index is 11.4. The van der Waals surface area contributed by atoms with E-state index >= 15 is 0 Å². The van der Waals surface area contributed by atoms with Gasteiger partial charge in [0.25, 0.3) is 0 Å². The standard InChI is InChI=1S/C13H23NOS/c1-10-9-11(15)7-8-14(10)12-5-3-4-6-13(12)16-2/h10,12-13H,3-9H2,1-2H3. The van der Waals surface area contributed by atoms with Crippen LogP contribution in [0.15, 0.2) is 0 Å². The number of nitrogens with zero attached hydrogens (tertiary/aromatic N) is 1. The number of hydrogen-bond acceptors (Lipinski definition) is 3. The summed E-state index contributed by atoms with van der Waals surface area (Å²) in [6.45, 7) is 3.23. The summed E-state index contributed by atoms with van der Waals surface area (Å²) in [5, 5.41) is 0.796. The second-order valence-electron chi connectivity index (χ2n) is 5.21. The van der Waals surface area contributed by atoms with Crippen molar-refractivity contribution in [2.24, 2.45) is 0 Å². The number of rotatable bonds is 2. The molecule has 2 aliphatic rings. The van der Waals surface area contributed by atoms with Crippen LogP contribution in [-0.2, 0) is 4.79 Å². The summed E-state index contributed by atoms with van der Waals surface area (Å²) in [4.78, 5) is 14.0. The summed E-state index contributed by atoms with van der Waals surface area (Å²) >= 11 is 2.02. The molecule has 1 saturated heterocycles. The summed E-state index contributed by atoms with van der Waals surface area (Å²) in [6.07, 6.45) is 9.26. The Bertz CT molecular complexity index is 256. The molecular formula is C13H23NOS. The van der Waals surface area contributed by atoms with Gasteiger partial charge in [-0.15, -0.1) is 0 Å². The third kappa shape index (κ3) is 2.62. The first-order valence-electron chi connectivity index (χ1n) is 6.52. The molecule has 1 heterocycles. The van der Waals surface area contributed by atoms with Gasteiger partial charge in [-0.1, -0.05) is 12.8 Å². The maximum atomic E-state index is 11.4. The predicted molar refractivity (Wildman–Crippen MR) is 70.0 cm³/mol. The Balaban J connectivity index is 2.01. The van der Waals surface area contributed by atoms with Crippen molar-refractivity contribution in [3.05, 3.63) is 0 Å². The summed E-state index contributed by atoms with van der Waals surface area (Å²) < 4.78 is 0. The Hall–Kier alpha value is -0.0200. The zero-order valence-corrected chi connectivity index (χ0v) is 11.3. The molecule has 0 aromatic carbocycles. The van der Waals surface area contributed by atoms with Gasteiger partial charge in [-0.2, -0.15) is 11.8 Å². The summed E-state index contributed by atoms with van der Waals surface area (Å²) in [5.74, 6) is 0.459. The van der Waals surface area contributed by atoms with Crippen molar-refractivity contribution < 1.29 is 4.79 Å². The highest BCUT2D eigenvalue weighted by Crippen LogP contribution is 2.33. The second-order valence-corrected chi connectivity index (χ2v) is 6.28. The highest BCUT2D eigenvalue weighted by Gasteiger charge is 2.34. The number of carbonyl (C=O) groups is 1. The zero-order valence-electron chi connectivity index (χ0n) is 10.4. The molecule has 1 aliphatic heterocycles. The van der Waals surface area contributed by atoms with Crippen LogP contribution in [0.1, 0.15) is 45.4 Å². The monoisotopic (exact) mass is 241 g/mol. The van der Waals surface area contributed by atoms with Gasteiger partial charge in [0.05, 0.1) is 0 Å². The van der Waals surface area contributed by atoms with E-state index in [4.69, 9.17) is 0 Å².